The van der Waals surface area contributed by atoms with Crippen LogP contribution in [0, 0.1) is 0 Å². The Morgan fingerprint density at radius 2 is 2.38 bits per heavy atom. The molecule has 0 fully saturated rings. The summed E-state index contributed by atoms with van der Waals surface area (Å²) < 4.78 is 0. The minimum Gasteiger partial charge on any atom is -0.374 e. The van der Waals surface area contributed by atoms with Gasteiger partial charge in [-0.1, -0.05) is 11.3 Å². The Morgan fingerprint density at radius 3 is 3.00 bits per heavy atom. The van der Waals surface area contributed by atoms with Crippen molar-refractivity contribution < 1.29 is 4.79 Å². The van der Waals surface area contributed by atoms with Crippen molar-refractivity contribution in [1.29, 1.82) is 0 Å². The number of nitrogens with two attached hydrogens (primary N) is 1. The Kier molecular flexibility index (Phi) is 3.42. The fourth-order valence-electron chi connectivity index (χ4n) is 1.07. The molecule has 0 unspecified atom stereocenters. The molecule has 0 spiro atoms. The van der Waals surface area contributed by atoms with E-state index in [1.165, 1.54) is 11.3 Å². The van der Waals surface area contributed by atoms with Crippen molar-refractivity contribution in [2.24, 2.45) is 0 Å². The van der Waals surface area contributed by atoms with E-state index in [0.29, 0.717) is 18.1 Å². The van der Waals surface area contributed by atoms with E-state index in [2.05, 4.69) is 20.5 Å². The predicted molar refractivity (Wildman–Crippen MR) is 62.5 cm³/mol. The monoisotopic (exact) mass is 255 g/mol. The molecule has 0 aromatic carbocycles. The summed E-state index contributed by atoms with van der Waals surface area (Å²) in [7, 11) is 0. The maximum Gasteiger partial charge on any atom is 0.282 e. The molecular formula is C8H9N5OS2. The highest BCUT2D eigenvalue weighted by Crippen LogP contribution is 2.10. The zero-order valence-electron chi connectivity index (χ0n) is 8.21. The van der Waals surface area contributed by atoms with Crippen molar-refractivity contribution in [3.05, 3.63) is 21.6 Å². The lowest BCUT2D eigenvalue weighted by molar-refractivity contribution is 0.0953. The topological polar surface area (TPSA) is 93.8 Å². The molecule has 2 heterocycles. The van der Waals surface area contributed by atoms with Gasteiger partial charge in [0.25, 0.3) is 5.91 Å². The van der Waals surface area contributed by atoms with Gasteiger partial charge in [-0.15, -0.1) is 21.5 Å². The van der Waals surface area contributed by atoms with Crippen molar-refractivity contribution in [2.45, 2.75) is 6.42 Å². The van der Waals surface area contributed by atoms with Crippen LogP contribution in [-0.2, 0) is 6.42 Å². The standard InChI is InChI=1S/C8H9N5OS2/c9-8-13-12-7(16-8)6(14)10-2-1-5-3-15-4-11-5/h3-4H,1-2H2,(H2,9,13)(H,10,14). The van der Waals surface area contributed by atoms with Crippen LogP contribution in [-0.4, -0.2) is 27.6 Å². The van der Waals surface area contributed by atoms with Crippen LogP contribution in [0.25, 0.3) is 0 Å². The molecular weight excluding hydrogens is 246 g/mol. The van der Waals surface area contributed by atoms with Gasteiger partial charge < -0.3 is 11.1 Å². The van der Waals surface area contributed by atoms with Gasteiger partial charge in [-0.3, -0.25) is 4.79 Å². The molecule has 2 aromatic heterocycles. The Morgan fingerprint density at radius 1 is 1.50 bits per heavy atom. The minimum absolute atomic E-state index is 0.246. The molecule has 3 N–H and O–H groups in total. The highest BCUT2D eigenvalue weighted by atomic mass is 32.1. The van der Waals surface area contributed by atoms with Gasteiger partial charge in [0, 0.05) is 18.3 Å². The Balaban J connectivity index is 1.80. The van der Waals surface area contributed by atoms with E-state index in [4.69, 9.17) is 5.73 Å². The van der Waals surface area contributed by atoms with Crippen molar-refractivity contribution in [3.8, 4) is 0 Å². The zero-order chi connectivity index (χ0) is 11.4. The van der Waals surface area contributed by atoms with Gasteiger partial charge in [0.15, 0.2) is 0 Å². The summed E-state index contributed by atoms with van der Waals surface area (Å²) in [4.78, 5) is 15.6. The summed E-state index contributed by atoms with van der Waals surface area (Å²) >= 11 is 2.61. The molecule has 0 saturated heterocycles. The number of carbonyl (C=O) groups is 1. The van der Waals surface area contributed by atoms with E-state index in [0.717, 1.165) is 17.0 Å². The lowest BCUT2D eigenvalue weighted by Crippen LogP contribution is -2.25. The van der Waals surface area contributed by atoms with Crippen LogP contribution in [0.15, 0.2) is 10.9 Å². The van der Waals surface area contributed by atoms with Gasteiger partial charge in [-0.25, -0.2) is 4.98 Å². The third-order valence-corrected chi connectivity index (χ3v) is 3.17. The second-order valence-electron chi connectivity index (χ2n) is 2.93. The van der Waals surface area contributed by atoms with Crippen LogP contribution in [0.2, 0.25) is 0 Å². The maximum absolute atomic E-state index is 11.5. The van der Waals surface area contributed by atoms with Gasteiger partial charge in [0.1, 0.15) is 0 Å². The number of nitrogen functional groups attached to an aromatic ring is 1. The number of anilines is 1. The van der Waals surface area contributed by atoms with Gasteiger partial charge >= 0.3 is 0 Å². The van der Waals surface area contributed by atoms with E-state index >= 15 is 0 Å². The van der Waals surface area contributed by atoms with E-state index in [9.17, 15) is 4.79 Å². The van der Waals surface area contributed by atoms with Crippen LogP contribution in [0.5, 0.6) is 0 Å². The third kappa shape index (κ3) is 2.74. The van der Waals surface area contributed by atoms with E-state index in [1.54, 1.807) is 5.51 Å². The highest BCUT2D eigenvalue weighted by Gasteiger charge is 2.10. The number of nitrogens with zero attached hydrogens (tertiary/aromatic N) is 3. The summed E-state index contributed by atoms with van der Waals surface area (Å²) in [6.07, 6.45) is 0.712. The first kappa shape index (κ1) is 11.0. The number of thiazole rings is 1. The Hall–Kier alpha value is -1.54. The van der Waals surface area contributed by atoms with Gasteiger partial charge in [-0.05, 0) is 0 Å². The number of amides is 1. The molecule has 1 amide bonds. The first-order valence-electron chi connectivity index (χ1n) is 4.50. The highest BCUT2D eigenvalue weighted by molar-refractivity contribution is 7.16. The molecule has 0 bridgehead atoms. The van der Waals surface area contributed by atoms with Crippen molar-refractivity contribution in [1.82, 2.24) is 20.5 Å². The van der Waals surface area contributed by atoms with Crippen molar-refractivity contribution in [2.75, 3.05) is 12.3 Å². The van der Waals surface area contributed by atoms with E-state index in [1.807, 2.05) is 5.38 Å². The van der Waals surface area contributed by atoms with Crippen LogP contribution in [0.1, 0.15) is 15.5 Å². The maximum atomic E-state index is 11.5. The fraction of sp³-hybridized carbons (Fsp3) is 0.250. The van der Waals surface area contributed by atoms with Crippen LogP contribution in [0.3, 0.4) is 0 Å². The average molecular weight is 255 g/mol. The molecule has 6 nitrogen and oxygen atoms in total. The average Bonchev–Trinajstić information content (AvgIpc) is 2.89. The third-order valence-electron chi connectivity index (χ3n) is 1.79. The molecule has 0 radical (unpaired) electrons. The first-order valence-corrected chi connectivity index (χ1v) is 6.26. The molecule has 84 valence electrons. The van der Waals surface area contributed by atoms with Gasteiger partial charge in [0.05, 0.1) is 11.2 Å². The number of carbonyl (C=O) groups excluding carboxylic acids is 1. The molecule has 0 atom stereocenters. The minimum atomic E-state index is -0.246. The summed E-state index contributed by atoms with van der Waals surface area (Å²) in [6, 6.07) is 0. The van der Waals surface area contributed by atoms with Crippen molar-refractivity contribution >= 4 is 33.7 Å². The summed E-state index contributed by atoms with van der Waals surface area (Å²) in [5.74, 6) is -0.246. The predicted octanol–water partition coefficient (Wildman–Crippen LogP) is 0.549. The van der Waals surface area contributed by atoms with E-state index in [-0.39, 0.29) is 10.9 Å². The van der Waals surface area contributed by atoms with Crippen molar-refractivity contribution in [3.63, 3.8) is 0 Å². The lowest BCUT2D eigenvalue weighted by atomic mass is 10.3. The number of rotatable bonds is 4. The quantitative estimate of drug-likeness (QED) is 0.832. The fourth-order valence-corrected chi connectivity index (χ4v) is 2.19. The van der Waals surface area contributed by atoms with Gasteiger partial charge in [0.2, 0.25) is 10.1 Å². The second-order valence-corrected chi connectivity index (χ2v) is 4.66. The number of nitrogens with one attached hydrogen (secondary N) is 1. The number of hydrogen-bond acceptors (Lipinski definition) is 7. The molecule has 16 heavy (non-hydrogen) atoms. The Labute approximate surface area is 99.5 Å². The van der Waals surface area contributed by atoms with Crippen LogP contribution in [0.4, 0.5) is 5.13 Å². The zero-order valence-corrected chi connectivity index (χ0v) is 9.85. The largest absolute Gasteiger partial charge is 0.374 e. The molecule has 0 aliphatic rings. The number of aromatic nitrogens is 3. The summed E-state index contributed by atoms with van der Waals surface area (Å²) in [6.45, 7) is 0.530. The summed E-state index contributed by atoms with van der Waals surface area (Å²) in [5.41, 5.74) is 8.12. The van der Waals surface area contributed by atoms with Crippen LogP contribution < -0.4 is 11.1 Å². The Bertz CT molecular complexity index is 466. The summed E-state index contributed by atoms with van der Waals surface area (Å²) in [5, 5.41) is 12.5. The van der Waals surface area contributed by atoms with E-state index < -0.39 is 0 Å². The first-order chi connectivity index (χ1) is 7.75. The molecule has 0 aliphatic heterocycles. The molecule has 0 saturated carbocycles. The lowest BCUT2D eigenvalue weighted by Gasteiger charge is -1.99. The number of hydrogen-bond donors (Lipinski definition) is 2. The molecule has 2 aromatic rings. The van der Waals surface area contributed by atoms with Gasteiger partial charge in [-0.2, -0.15) is 0 Å². The molecule has 2 rings (SSSR count). The van der Waals surface area contributed by atoms with Crippen LogP contribution >= 0.6 is 22.7 Å². The smallest absolute Gasteiger partial charge is 0.282 e. The SMILES string of the molecule is Nc1nnc(C(=O)NCCc2cscn2)s1. The second kappa shape index (κ2) is 4.99. The normalized spacial score (nSPS) is 10.2. The molecule has 0 aliphatic carbocycles. The molecule has 8 heteroatoms.